The van der Waals surface area contributed by atoms with E-state index in [0.717, 1.165) is 3.92 Å². The minimum atomic E-state index is 0.551. The molecule has 0 amide bonds. The Hall–Kier alpha value is 0.690. The molecule has 48 valence electrons. The first-order chi connectivity index (χ1) is 3.84. The molecule has 1 rings (SSSR count). The van der Waals surface area contributed by atoms with Crippen molar-refractivity contribution in [2.24, 2.45) is 0 Å². The van der Waals surface area contributed by atoms with E-state index in [1.807, 2.05) is 7.11 Å². The van der Waals surface area contributed by atoms with E-state index >= 15 is 0 Å². The zero-order valence-electron chi connectivity index (χ0n) is 5.06. The van der Waals surface area contributed by atoms with Gasteiger partial charge in [0, 0.05) is 11.0 Å². The summed E-state index contributed by atoms with van der Waals surface area (Å²) in [5.74, 6) is 0. The fourth-order valence-corrected chi connectivity index (χ4v) is 2.24. The van der Waals surface area contributed by atoms with Crippen LogP contribution < -0.4 is 0 Å². The van der Waals surface area contributed by atoms with E-state index in [9.17, 15) is 0 Å². The van der Waals surface area contributed by atoms with Gasteiger partial charge in [0.2, 0.25) is 0 Å². The summed E-state index contributed by atoms with van der Waals surface area (Å²) in [6, 6.07) is 0. The van der Waals surface area contributed by atoms with Crippen molar-refractivity contribution in [1.82, 2.24) is 0 Å². The maximum absolute atomic E-state index is 5.22. The summed E-state index contributed by atoms with van der Waals surface area (Å²) in [4.78, 5) is 0. The molecule has 0 unspecified atom stereocenters. The van der Waals surface area contributed by atoms with Gasteiger partial charge in [0.05, 0.1) is 6.10 Å². The molecule has 0 aromatic rings. The van der Waals surface area contributed by atoms with Crippen LogP contribution in [0, 0.1) is 0 Å². The SMILES string of the molecule is CO[C@@H]1CCC[C@H]1I. The molecule has 1 aliphatic rings. The van der Waals surface area contributed by atoms with Gasteiger partial charge in [0.25, 0.3) is 0 Å². The van der Waals surface area contributed by atoms with Gasteiger partial charge in [-0.1, -0.05) is 22.6 Å². The second-order valence-electron chi connectivity index (χ2n) is 2.22. The Morgan fingerprint density at radius 2 is 2.25 bits per heavy atom. The molecule has 0 N–H and O–H groups in total. The Kier molecular flexibility index (Phi) is 2.56. The first kappa shape index (κ1) is 6.81. The summed E-state index contributed by atoms with van der Waals surface area (Å²) < 4.78 is 5.99. The number of hydrogen-bond donors (Lipinski definition) is 0. The molecule has 0 saturated heterocycles. The van der Waals surface area contributed by atoms with Crippen molar-refractivity contribution in [3.63, 3.8) is 0 Å². The molecule has 2 atom stereocenters. The number of hydrogen-bond acceptors (Lipinski definition) is 1. The van der Waals surface area contributed by atoms with E-state index < -0.39 is 0 Å². The number of methoxy groups -OCH3 is 1. The molecule has 0 aliphatic heterocycles. The van der Waals surface area contributed by atoms with Gasteiger partial charge in [-0.25, -0.2) is 0 Å². The third kappa shape index (κ3) is 1.35. The van der Waals surface area contributed by atoms with Crippen LogP contribution in [0.4, 0.5) is 0 Å². The molecule has 0 radical (unpaired) electrons. The summed E-state index contributed by atoms with van der Waals surface area (Å²) in [6.07, 6.45) is 4.52. The highest BCUT2D eigenvalue weighted by Crippen LogP contribution is 2.27. The van der Waals surface area contributed by atoms with Crippen molar-refractivity contribution in [1.29, 1.82) is 0 Å². The average molecular weight is 226 g/mol. The van der Waals surface area contributed by atoms with Crippen molar-refractivity contribution in [3.05, 3.63) is 0 Å². The van der Waals surface area contributed by atoms with E-state index in [4.69, 9.17) is 4.74 Å². The van der Waals surface area contributed by atoms with Crippen LogP contribution in [-0.4, -0.2) is 17.1 Å². The van der Waals surface area contributed by atoms with Crippen LogP contribution in [0.2, 0.25) is 0 Å². The van der Waals surface area contributed by atoms with E-state index in [2.05, 4.69) is 22.6 Å². The van der Waals surface area contributed by atoms with Crippen molar-refractivity contribution >= 4 is 22.6 Å². The number of alkyl halides is 1. The summed E-state index contributed by atoms with van der Waals surface area (Å²) in [5.41, 5.74) is 0. The quantitative estimate of drug-likeness (QED) is 0.490. The Bertz CT molecular complexity index is 74.9. The lowest BCUT2D eigenvalue weighted by Gasteiger charge is -2.09. The summed E-state index contributed by atoms with van der Waals surface area (Å²) in [7, 11) is 1.81. The van der Waals surface area contributed by atoms with Crippen molar-refractivity contribution in [2.75, 3.05) is 7.11 Å². The Labute approximate surface area is 63.9 Å². The van der Waals surface area contributed by atoms with Crippen LogP contribution in [0.25, 0.3) is 0 Å². The first-order valence-corrected chi connectivity index (χ1v) is 4.26. The van der Waals surface area contributed by atoms with Gasteiger partial charge in [-0.15, -0.1) is 0 Å². The lowest BCUT2D eigenvalue weighted by Crippen LogP contribution is -2.14. The van der Waals surface area contributed by atoms with E-state index in [0.29, 0.717) is 6.10 Å². The summed E-state index contributed by atoms with van der Waals surface area (Å²) >= 11 is 2.47. The maximum Gasteiger partial charge on any atom is 0.0688 e. The van der Waals surface area contributed by atoms with Crippen LogP contribution in [-0.2, 0) is 4.74 Å². The lowest BCUT2D eigenvalue weighted by atomic mass is 10.3. The van der Waals surface area contributed by atoms with Crippen LogP contribution >= 0.6 is 22.6 Å². The monoisotopic (exact) mass is 226 g/mol. The minimum absolute atomic E-state index is 0.551. The minimum Gasteiger partial charge on any atom is -0.380 e. The first-order valence-electron chi connectivity index (χ1n) is 3.01. The van der Waals surface area contributed by atoms with E-state index in [-0.39, 0.29) is 0 Å². The molecule has 0 bridgehead atoms. The molecule has 0 aromatic heterocycles. The van der Waals surface area contributed by atoms with Gasteiger partial charge in [-0.2, -0.15) is 0 Å². The second kappa shape index (κ2) is 3.01. The van der Waals surface area contributed by atoms with Gasteiger partial charge >= 0.3 is 0 Å². The molecule has 0 spiro atoms. The molecule has 8 heavy (non-hydrogen) atoms. The van der Waals surface area contributed by atoms with Gasteiger partial charge in [-0.05, 0) is 19.3 Å². The standard InChI is InChI=1S/C6H11IO/c1-8-6-4-2-3-5(6)7/h5-6H,2-4H2,1H3/t5-,6-/m1/s1. The van der Waals surface area contributed by atoms with Crippen molar-refractivity contribution in [3.8, 4) is 0 Å². The van der Waals surface area contributed by atoms with E-state index in [1.165, 1.54) is 19.3 Å². The largest absolute Gasteiger partial charge is 0.380 e. The predicted molar refractivity (Wildman–Crippen MR) is 42.5 cm³/mol. The van der Waals surface area contributed by atoms with Gasteiger partial charge < -0.3 is 4.74 Å². The Morgan fingerprint density at radius 1 is 1.50 bits per heavy atom. The molecule has 1 aliphatic carbocycles. The van der Waals surface area contributed by atoms with Gasteiger partial charge in [-0.3, -0.25) is 0 Å². The molecular formula is C6H11IO. The topological polar surface area (TPSA) is 9.23 Å². The number of halogens is 1. The highest BCUT2D eigenvalue weighted by molar-refractivity contribution is 14.1. The molecule has 1 fully saturated rings. The normalized spacial score (nSPS) is 38.2. The highest BCUT2D eigenvalue weighted by Gasteiger charge is 2.23. The molecule has 1 saturated carbocycles. The van der Waals surface area contributed by atoms with E-state index in [1.54, 1.807) is 0 Å². The zero-order valence-corrected chi connectivity index (χ0v) is 7.22. The van der Waals surface area contributed by atoms with Gasteiger partial charge in [0.15, 0.2) is 0 Å². The Morgan fingerprint density at radius 3 is 2.50 bits per heavy atom. The predicted octanol–water partition coefficient (Wildman–Crippen LogP) is 1.99. The second-order valence-corrected chi connectivity index (χ2v) is 3.82. The van der Waals surface area contributed by atoms with Crippen LogP contribution in [0.5, 0.6) is 0 Å². The van der Waals surface area contributed by atoms with Crippen LogP contribution in [0.15, 0.2) is 0 Å². The third-order valence-electron chi connectivity index (χ3n) is 1.67. The molecule has 2 heteroatoms. The smallest absolute Gasteiger partial charge is 0.0688 e. The summed E-state index contributed by atoms with van der Waals surface area (Å²) in [6.45, 7) is 0. The molecule has 0 aromatic carbocycles. The zero-order chi connectivity index (χ0) is 5.98. The van der Waals surface area contributed by atoms with Gasteiger partial charge in [0.1, 0.15) is 0 Å². The summed E-state index contributed by atoms with van der Waals surface area (Å²) in [5, 5.41) is 0. The van der Waals surface area contributed by atoms with Crippen molar-refractivity contribution < 1.29 is 4.74 Å². The molecular weight excluding hydrogens is 215 g/mol. The van der Waals surface area contributed by atoms with Crippen LogP contribution in [0.3, 0.4) is 0 Å². The highest BCUT2D eigenvalue weighted by atomic mass is 127. The fraction of sp³-hybridized carbons (Fsp3) is 1.00. The fourth-order valence-electron chi connectivity index (χ4n) is 1.15. The van der Waals surface area contributed by atoms with Crippen LogP contribution in [0.1, 0.15) is 19.3 Å². The Balaban J connectivity index is 2.30. The maximum atomic E-state index is 5.22. The number of rotatable bonds is 1. The molecule has 0 heterocycles. The lowest BCUT2D eigenvalue weighted by molar-refractivity contribution is 0.116. The third-order valence-corrected chi connectivity index (χ3v) is 3.10. The number of ether oxygens (including phenoxy) is 1. The average Bonchev–Trinajstić information content (AvgIpc) is 2.14. The molecule has 1 nitrogen and oxygen atoms in total. The van der Waals surface area contributed by atoms with Crippen molar-refractivity contribution in [2.45, 2.75) is 29.3 Å².